The van der Waals surface area contributed by atoms with Gasteiger partial charge in [-0.3, -0.25) is 9.48 Å². The molecule has 0 amide bonds. The molecule has 1 aromatic carbocycles. The Kier molecular flexibility index (Phi) is 5.73. The molecule has 0 unspecified atom stereocenters. The van der Waals surface area contributed by atoms with Gasteiger partial charge in [0.05, 0.1) is 22.8 Å². The highest BCUT2D eigenvalue weighted by Crippen LogP contribution is 2.37. The molecule has 3 aromatic rings. The number of benzene rings is 1. The zero-order valence-corrected chi connectivity index (χ0v) is 20.7. The van der Waals surface area contributed by atoms with Crippen LogP contribution in [0.5, 0.6) is 5.75 Å². The van der Waals surface area contributed by atoms with Crippen LogP contribution in [0.2, 0.25) is 0 Å². The normalized spacial score (nSPS) is 21.1. The lowest BCUT2D eigenvalue weighted by Gasteiger charge is -2.31. The molecule has 10 nitrogen and oxygen atoms in total. The fraction of sp³-hybridized carbons (Fsp3) is 0.522. The Labute approximate surface area is 198 Å². The van der Waals surface area contributed by atoms with Crippen molar-refractivity contribution in [1.29, 1.82) is 0 Å². The molecule has 2 aliphatic rings. The Hall–Kier alpha value is -2.76. The monoisotopic (exact) mass is 486 g/mol. The Balaban J connectivity index is 1.63. The van der Waals surface area contributed by atoms with E-state index in [1.54, 1.807) is 34.2 Å². The van der Waals surface area contributed by atoms with Crippen molar-refractivity contribution in [3.8, 4) is 17.1 Å². The van der Waals surface area contributed by atoms with Crippen molar-refractivity contribution >= 4 is 21.1 Å². The second kappa shape index (κ2) is 8.47. The zero-order chi connectivity index (χ0) is 24.2. The molecule has 2 bridgehead atoms. The van der Waals surface area contributed by atoms with Crippen LogP contribution in [0.3, 0.4) is 0 Å². The third-order valence-corrected chi connectivity index (χ3v) is 8.74. The summed E-state index contributed by atoms with van der Waals surface area (Å²) < 4.78 is 36.1. The molecule has 0 aliphatic carbocycles. The lowest BCUT2D eigenvalue weighted by atomic mass is 10.1. The maximum Gasteiger partial charge on any atom is 0.277 e. The van der Waals surface area contributed by atoms with Crippen molar-refractivity contribution < 1.29 is 13.2 Å². The van der Waals surface area contributed by atoms with Crippen LogP contribution in [-0.2, 0) is 23.5 Å². The number of likely N-dealkylation sites (tertiary alicyclic amines) is 1. The van der Waals surface area contributed by atoms with Crippen molar-refractivity contribution in [2.45, 2.75) is 50.1 Å². The van der Waals surface area contributed by atoms with E-state index in [1.165, 1.54) is 0 Å². The first-order valence-electron chi connectivity index (χ1n) is 11.7. The van der Waals surface area contributed by atoms with Crippen molar-refractivity contribution in [1.82, 2.24) is 29.0 Å². The van der Waals surface area contributed by atoms with E-state index < -0.39 is 10.0 Å². The van der Waals surface area contributed by atoms with Gasteiger partial charge in [-0.05, 0) is 45.0 Å². The van der Waals surface area contributed by atoms with Crippen LogP contribution in [0.4, 0.5) is 0 Å². The van der Waals surface area contributed by atoms with Gasteiger partial charge in [-0.25, -0.2) is 13.4 Å². The first kappa shape index (κ1) is 23.0. The van der Waals surface area contributed by atoms with Gasteiger partial charge in [-0.15, -0.1) is 0 Å². The minimum Gasteiger partial charge on any atom is -0.493 e. The van der Waals surface area contributed by atoms with Crippen molar-refractivity contribution in [3.05, 3.63) is 34.2 Å². The number of sulfonamides is 1. The predicted molar refractivity (Wildman–Crippen MR) is 128 cm³/mol. The van der Waals surface area contributed by atoms with E-state index in [4.69, 9.17) is 9.72 Å². The molecule has 0 radical (unpaired) electrons. The molecular formula is C23H30N6O4S. The molecule has 2 fully saturated rings. The summed E-state index contributed by atoms with van der Waals surface area (Å²) >= 11 is 0. The summed E-state index contributed by atoms with van der Waals surface area (Å²) in [6, 6.07) is 5.02. The lowest BCUT2D eigenvalue weighted by molar-refractivity contribution is 0.216. The molecule has 4 heterocycles. The fourth-order valence-corrected chi connectivity index (χ4v) is 6.87. The lowest BCUT2D eigenvalue weighted by Crippen LogP contribution is -2.47. The summed E-state index contributed by atoms with van der Waals surface area (Å²) in [5, 5.41) is 4.47. The molecule has 5 rings (SSSR count). The van der Waals surface area contributed by atoms with Gasteiger partial charge in [0.15, 0.2) is 5.52 Å². The number of nitrogens with one attached hydrogen (secondary N) is 1. The Morgan fingerprint density at radius 1 is 1.18 bits per heavy atom. The molecule has 2 aromatic heterocycles. The van der Waals surface area contributed by atoms with Crippen LogP contribution in [0.15, 0.2) is 27.9 Å². The zero-order valence-electron chi connectivity index (χ0n) is 19.9. The molecule has 2 saturated heterocycles. The third kappa shape index (κ3) is 3.62. The molecule has 2 aliphatic heterocycles. The highest BCUT2D eigenvalue weighted by atomic mass is 32.2. The highest BCUT2D eigenvalue weighted by Gasteiger charge is 2.47. The van der Waals surface area contributed by atoms with Gasteiger partial charge in [0.2, 0.25) is 10.0 Å². The maximum atomic E-state index is 13.6. The average Bonchev–Trinajstić information content (AvgIpc) is 3.47. The minimum absolute atomic E-state index is 0.0173. The number of nitrogens with zero attached hydrogens (tertiary/aromatic N) is 5. The Morgan fingerprint density at radius 2 is 1.97 bits per heavy atom. The molecule has 0 spiro atoms. The van der Waals surface area contributed by atoms with Crippen LogP contribution in [0, 0.1) is 0 Å². The van der Waals surface area contributed by atoms with Crippen LogP contribution < -0.4 is 10.3 Å². The summed E-state index contributed by atoms with van der Waals surface area (Å²) in [7, 11) is 0.0495. The van der Waals surface area contributed by atoms with E-state index in [1.807, 2.05) is 20.9 Å². The quantitative estimate of drug-likeness (QED) is 0.541. The average molecular weight is 487 g/mol. The van der Waals surface area contributed by atoms with E-state index in [-0.39, 0.29) is 28.4 Å². The number of piperazine rings is 1. The Bertz CT molecular complexity index is 1410. The Morgan fingerprint density at radius 3 is 2.62 bits per heavy atom. The van der Waals surface area contributed by atoms with E-state index in [0.29, 0.717) is 41.9 Å². The molecule has 2 atom stereocenters. The van der Waals surface area contributed by atoms with E-state index in [2.05, 4.69) is 15.0 Å². The topological polar surface area (TPSA) is 113 Å². The SMILES string of the molecule is CCCc1nn(C)c2c(=O)[nH]c(-c3cc(S(=O)(=O)N4C[C@@H]5C[C@@H]4CN5C)ccc3OCC)nc12. The minimum atomic E-state index is -3.71. The summed E-state index contributed by atoms with van der Waals surface area (Å²) in [4.78, 5) is 22.9. The van der Waals surface area contributed by atoms with Gasteiger partial charge in [0.1, 0.15) is 17.1 Å². The summed E-state index contributed by atoms with van der Waals surface area (Å²) in [6.45, 7) is 5.51. The van der Waals surface area contributed by atoms with Gasteiger partial charge < -0.3 is 14.6 Å². The molecular weight excluding hydrogens is 456 g/mol. The van der Waals surface area contributed by atoms with Gasteiger partial charge in [-0.1, -0.05) is 13.3 Å². The number of likely N-dealkylation sites (N-methyl/N-ethyl adjacent to an activating group) is 1. The van der Waals surface area contributed by atoms with Crippen LogP contribution >= 0.6 is 0 Å². The van der Waals surface area contributed by atoms with E-state index >= 15 is 0 Å². The van der Waals surface area contributed by atoms with Crippen molar-refractivity contribution in [2.75, 3.05) is 26.7 Å². The molecule has 0 saturated carbocycles. The number of hydrogen-bond donors (Lipinski definition) is 1. The van der Waals surface area contributed by atoms with Gasteiger partial charge in [0.25, 0.3) is 5.56 Å². The summed E-state index contributed by atoms with van der Waals surface area (Å²) in [5.74, 6) is 0.735. The summed E-state index contributed by atoms with van der Waals surface area (Å²) in [6.07, 6.45) is 2.40. The van der Waals surface area contributed by atoms with Crippen LogP contribution in [0.25, 0.3) is 22.4 Å². The molecule has 182 valence electrons. The number of rotatable bonds is 7. The third-order valence-electron chi connectivity index (χ3n) is 6.83. The van der Waals surface area contributed by atoms with Gasteiger partial charge in [-0.2, -0.15) is 9.40 Å². The predicted octanol–water partition coefficient (Wildman–Crippen LogP) is 1.75. The molecule has 11 heteroatoms. The summed E-state index contributed by atoms with van der Waals surface area (Å²) in [5.41, 5.74) is 1.78. The second-order valence-electron chi connectivity index (χ2n) is 9.08. The number of ether oxygens (including phenoxy) is 1. The standard InChI is InChI=1S/C23H30N6O4S/c1-5-7-18-20-21(28(4)26-18)23(30)25-22(24-20)17-11-16(8-9-19(17)33-6-2)34(31,32)29-13-14-10-15(29)12-27(14)3/h8-9,11,14-15H,5-7,10,12-13H2,1-4H3,(H,24,25,30)/t14-,15+/m0/s1. The van der Waals surface area contributed by atoms with Gasteiger partial charge in [0, 0.05) is 32.2 Å². The number of aryl methyl sites for hydroxylation is 2. The number of hydrogen-bond acceptors (Lipinski definition) is 7. The number of fused-ring (bicyclic) bond motifs is 3. The first-order chi connectivity index (χ1) is 16.2. The van der Waals surface area contributed by atoms with Crippen molar-refractivity contribution in [2.24, 2.45) is 7.05 Å². The number of aromatic amines is 1. The fourth-order valence-electron chi connectivity index (χ4n) is 5.17. The second-order valence-corrected chi connectivity index (χ2v) is 11.0. The number of aromatic nitrogens is 4. The van der Waals surface area contributed by atoms with E-state index in [9.17, 15) is 13.2 Å². The first-order valence-corrected chi connectivity index (χ1v) is 13.1. The van der Waals surface area contributed by atoms with E-state index in [0.717, 1.165) is 25.1 Å². The molecule has 1 N–H and O–H groups in total. The molecule has 34 heavy (non-hydrogen) atoms. The number of H-pyrrole nitrogens is 1. The maximum absolute atomic E-state index is 13.6. The highest BCUT2D eigenvalue weighted by molar-refractivity contribution is 7.89. The van der Waals surface area contributed by atoms with Crippen LogP contribution in [0.1, 0.15) is 32.4 Å². The van der Waals surface area contributed by atoms with Gasteiger partial charge >= 0.3 is 0 Å². The largest absolute Gasteiger partial charge is 0.493 e. The van der Waals surface area contributed by atoms with Crippen molar-refractivity contribution in [3.63, 3.8) is 0 Å². The smallest absolute Gasteiger partial charge is 0.277 e. The van der Waals surface area contributed by atoms with Crippen LogP contribution in [-0.4, -0.2) is 76.2 Å².